The second-order valence-electron chi connectivity index (χ2n) is 5.77. The van der Waals surface area contributed by atoms with Gasteiger partial charge in [-0.1, -0.05) is 24.3 Å². The van der Waals surface area contributed by atoms with Crippen molar-refractivity contribution in [3.8, 4) is 0 Å². The van der Waals surface area contributed by atoms with Crippen molar-refractivity contribution in [3.63, 3.8) is 0 Å². The SMILES string of the molecule is O=C(O)C=CCc1nn(Cc2ccc(F)cc2F)c2cc(CF)ccc12. The topological polar surface area (TPSA) is 55.1 Å². The number of fused-ring (bicyclic) bond motifs is 1. The maximum Gasteiger partial charge on any atom is 0.327 e. The molecule has 1 aromatic heterocycles. The van der Waals surface area contributed by atoms with E-state index in [9.17, 15) is 18.0 Å². The van der Waals surface area contributed by atoms with E-state index in [4.69, 9.17) is 5.11 Å². The molecule has 1 heterocycles. The Morgan fingerprint density at radius 1 is 1.19 bits per heavy atom. The highest BCUT2D eigenvalue weighted by Gasteiger charge is 2.13. The van der Waals surface area contributed by atoms with Gasteiger partial charge in [-0.05, 0) is 17.7 Å². The van der Waals surface area contributed by atoms with Crippen molar-refractivity contribution in [2.75, 3.05) is 0 Å². The number of benzene rings is 2. The van der Waals surface area contributed by atoms with E-state index in [1.807, 2.05) is 0 Å². The molecule has 0 aliphatic rings. The highest BCUT2D eigenvalue weighted by atomic mass is 19.1. The second-order valence-corrected chi connectivity index (χ2v) is 5.77. The minimum Gasteiger partial charge on any atom is -0.478 e. The Balaban J connectivity index is 2.03. The fourth-order valence-corrected chi connectivity index (χ4v) is 2.73. The monoisotopic (exact) mass is 360 g/mol. The normalized spacial score (nSPS) is 11.5. The third-order valence-corrected chi connectivity index (χ3v) is 3.95. The van der Waals surface area contributed by atoms with Crippen LogP contribution in [0.4, 0.5) is 13.2 Å². The van der Waals surface area contributed by atoms with Gasteiger partial charge in [-0.2, -0.15) is 5.10 Å². The standard InChI is InChI=1S/C19H15F3N2O2/c20-10-12-4-7-15-17(2-1-3-19(25)26)23-24(18(15)8-12)11-13-5-6-14(21)9-16(13)22/h1,3-9H,2,10-11H2,(H,25,26). The van der Waals surface area contributed by atoms with Crippen molar-refractivity contribution < 1.29 is 23.1 Å². The lowest BCUT2D eigenvalue weighted by Gasteiger charge is -2.06. The number of nitrogens with zero attached hydrogens (tertiary/aromatic N) is 2. The number of hydrogen-bond acceptors (Lipinski definition) is 2. The summed E-state index contributed by atoms with van der Waals surface area (Å²) in [4.78, 5) is 10.6. The molecule has 0 amide bonds. The van der Waals surface area contributed by atoms with Gasteiger partial charge < -0.3 is 5.11 Å². The second kappa shape index (κ2) is 7.43. The van der Waals surface area contributed by atoms with E-state index in [0.717, 1.165) is 23.6 Å². The summed E-state index contributed by atoms with van der Waals surface area (Å²) in [6.45, 7) is -0.610. The average Bonchev–Trinajstić information content (AvgIpc) is 2.94. The van der Waals surface area contributed by atoms with Crippen LogP contribution in [0.2, 0.25) is 0 Å². The lowest BCUT2D eigenvalue weighted by molar-refractivity contribution is -0.131. The van der Waals surface area contributed by atoms with Crippen molar-refractivity contribution in [1.29, 1.82) is 0 Å². The van der Waals surface area contributed by atoms with Gasteiger partial charge in [0.05, 0.1) is 17.8 Å². The molecule has 26 heavy (non-hydrogen) atoms. The minimum absolute atomic E-state index is 0.0427. The number of hydrogen-bond donors (Lipinski definition) is 1. The maximum atomic E-state index is 14.0. The van der Waals surface area contributed by atoms with Crippen LogP contribution in [-0.2, 0) is 24.4 Å². The number of alkyl halides is 1. The minimum atomic E-state index is -1.07. The van der Waals surface area contributed by atoms with E-state index in [1.54, 1.807) is 18.2 Å². The summed E-state index contributed by atoms with van der Waals surface area (Å²) in [7, 11) is 0. The molecule has 0 bridgehead atoms. The smallest absolute Gasteiger partial charge is 0.327 e. The fraction of sp³-hybridized carbons (Fsp3) is 0.158. The molecular weight excluding hydrogens is 345 g/mol. The molecule has 7 heteroatoms. The van der Waals surface area contributed by atoms with Gasteiger partial charge in [0.25, 0.3) is 0 Å². The van der Waals surface area contributed by atoms with Gasteiger partial charge in [0.1, 0.15) is 18.3 Å². The highest BCUT2D eigenvalue weighted by molar-refractivity contribution is 5.83. The molecule has 3 rings (SSSR count). The molecule has 0 saturated carbocycles. The zero-order valence-electron chi connectivity index (χ0n) is 13.6. The van der Waals surface area contributed by atoms with Gasteiger partial charge in [0.15, 0.2) is 0 Å². The molecule has 1 N–H and O–H groups in total. The zero-order chi connectivity index (χ0) is 18.7. The molecule has 3 aromatic rings. The van der Waals surface area contributed by atoms with Crippen molar-refractivity contribution in [3.05, 3.63) is 77.0 Å². The third kappa shape index (κ3) is 3.77. The molecule has 0 spiro atoms. The van der Waals surface area contributed by atoms with Gasteiger partial charge in [0, 0.05) is 29.5 Å². The quantitative estimate of drug-likeness (QED) is 0.676. The van der Waals surface area contributed by atoms with E-state index in [0.29, 0.717) is 16.8 Å². The summed E-state index contributed by atoms with van der Waals surface area (Å²) in [5.74, 6) is -2.43. The molecular formula is C19H15F3N2O2. The van der Waals surface area contributed by atoms with Crippen LogP contribution in [0, 0.1) is 11.6 Å². The first-order valence-electron chi connectivity index (χ1n) is 7.85. The molecule has 0 unspecified atom stereocenters. The maximum absolute atomic E-state index is 14.0. The molecule has 0 aliphatic heterocycles. The van der Waals surface area contributed by atoms with Crippen molar-refractivity contribution >= 4 is 16.9 Å². The van der Waals surface area contributed by atoms with Gasteiger partial charge in [-0.15, -0.1) is 0 Å². The largest absolute Gasteiger partial charge is 0.478 e. The Kier molecular flexibility index (Phi) is 5.06. The van der Waals surface area contributed by atoms with Crippen LogP contribution in [0.5, 0.6) is 0 Å². The average molecular weight is 360 g/mol. The van der Waals surface area contributed by atoms with E-state index in [2.05, 4.69) is 5.10 Å². The lowest BCUT2D eigenvalue weighted by Crippen LogP contribution is -2.04. The Hall–Kier alpha value is -3.09. The first-order chi connectivity index (χ1) is 12.5. The van der Waals surface area contributed by atoms with Crippen LogP contribution in [0.1, 0.15) is 16.8 Å². The van der Waals surface area contributed by atoms with Crippen LogP contribution < -0.4 is 0 Å². The summed E-state index contributed by atoms with van der Waals surface area (Å²) in [6, 6.07) is 8.24. The number of carboxylic acids is 1. The lowest BCUT2D eigenvalue weighted by atomic mass is 10.1. The summed E-state index contributed by atoms with van der Waals surface area (Å²) >= 11 is 0. The van der Waals surface area contributed by atoms with E-state index in [-0.39, 0.29) is 18.5 Å². The predicted molar refractivity (Wildman–Crippen MR) is 90.5 cm³/mol. The van der Waals surface area contributed by atoms with Crippen molar-refractivity contribution in [2.24, 2.45) is 0 Å². The Bertz CT molecular complexity index is 996. The van der Waals surface area contributed by atoms with Crippen LogP contribution in [0.25, 0.3) is 10.9 Å². The molecule has 0 aliphatic carbocycles. The fourth-order valence-electron chi connectivity index (χ4n) is 2.73. The molecule has 4 nitrogen and oxygen atoms in total. The number of aliphatic carboxylic acids is 1. The first kappa shape index (κ1) is 17.7. The van der Waals surface area contributed by atoms with Gasteiger partial charge in [0.2, 0.25) is 0 Å². The summed E-state index contributed by atoms with van der Waals surface area (Å²) in [5, 5.41) is 13.8. The number of allylic oxidation sites excluding steroid dienone is 1. The molecule has 134 valence electrons. The first-order valence-corrected chi connectivity index (χ1v) is 7.85. The van der Waals surface area contributed by atoms with Crippen molar-refractivity contribution in [1.82, 2.24) is 9.78 Å². The van der Waals surface area contributed by atoms with Gasteiger partial charge >= 0.3 is 5.97 Å². The highest BCUT2D eigenvalue weighted by Crippen LogP contribution is 2.23. The Labute approximate surface area is 147 Å². The van der Waals surface area contributed by atoms with E-state index < -0.39 is 24.3 Å². The van der Waals surface area contributed by atoms with Gasteiger partial charge in [-0.3, -0.25) is 4.68 Å². The van der Waals surface area contributed by atoms with Crippen LogP contribution in [0.15, 0.2) is 48.6 Å². The molecule has 0 fully saturated rings. The predicted octanol–water partition coefficient (Wildman–Crippen LogP) is 4.02. The number of carboxylic acid groups (broad SMARTS) is 1. The third-order valence-electron chi connectivity index (χ3n) is 3.95. The Morgan fingerprint density at radius 3 is 2.69 bits per heavy atom. The molecule has 2 aromatic carbocycles. The number of carbonyl (C=O) groups is 1. The molecule has 0 radical (unpaired) electrons. The number of rotatable bonds is 6. The van der Waals surface area contributed by atoms with Crippen molar-refractivity contribution in [2.45, 2.75) is 19.6 Å². The number of aromatic nitrogens is 2. The number of halogens is 3. The molecule has 0 saturated heterocycles. The van der Waals surface area contributed by atoms with Crippen LogP contribution in [0.3, 0.4) is 0 Å². The molecule has 0 atom stereocenters. The zero-order valence-corrected chi connectivity index (χ0v) is 13.6. The van der Waals surface area contributed by atoms with E-state index >= 15 is 0 Å². The van der Waals surface area contributed by atoms with Crippen LogP contribution >= 0.6 is 0 Å². The van der Waals surface area contributed by atoms with Crippen LogP contribution in [-0.4, -0.2) is 20.9 Å². The van der Waals surface area contributed by atoms with Gasteiger partial charge in [-0.25, -0.2) is 18.0 Å². The summed E-state index contributed by atoms with van der Waals surface area (Å²) in [5.41, 5.74) is 1.88. The van der Waals surface area contributed by atoms with E-state index in [1.165, 1.54) is 16.8 Å². The Morgan fingerprint density at radius 2 is 2.00 bits per heavy atom. The summed E-state index contributed by atoms with van der Waals surface area (Å²) in [6.07, 6.45) is 2.73. The summed E-state index contributed by atoms with van der Waals surface area (Å²) < 4.78 is 41.6.